The van der Waals surface area contributed by atoms with E-state index in [2.05, 4.69) is 10.2 Å². The van der Waals surface area contributed by atoms with Gasteiger partial charge in [0.2, 0.25) is 5.91 Å². The molecule has 1 atom stereocenters. The molecule has 1 heterocycles. The van der Waals surface area contributed by atoms with E-state index in [9.17, 15) is 9.59 Å². The first kappa shape index (κ1) is 24.4. The lowest BCUT2D eigenvalue weighted by Gasteiger charge is -2.37. The van der Waals surface area contributed by atoms with Crippen LogP contribution in [0.4, 0.5) is 0 Å². The maximum Gasteiger partial charge on any atom is 0.253 e. The SMILES string of the molecule is CC(C)C(NC(=O)c1ccccc1Cl)C(=O)N1CCN(CCOc2ccccc2Cl)CC1. The van der Waals surface area contributed by atoms with Crippen molar-refractivity contribution in [1.29, 1.82) is 0 Å². The molecule has 0 aromatic heterocycles. The number of para-hydroxylation sites is 1. The van der Waals surface area contributed by atoms with Crippen LogP contribution in [0.2, 0.25) is 10.0 Å². The lowest BCUT2D eigenvalue weighted by Crippen LogP contribution is -2.56. The van der Waals surface area contributed by atoms with Gasteiger partial charge in [-0.15, -0.1) is 0 Å². The fourth-order valence-electron chi connectivity index (χ4n) is 3.61. The van der Waals surface area contributed by atoms with Crippen LogP contribution in [0.15, 0.2) is 48.5 Å². The number of carbonyl (C=O) groups is 2. The van der Waals surface area contributed by atoms with Crippen molar-refractivity contribution in [2.75, 3.05) is 39.3 Å². The van der Waals surface area contributed by atoms with Gasteiger partial charge in [-0.2, -0.15) is 0 Å². The first-order valence-corrected chi connectivity index (χ1v) is 11.6. The van der Waals surface area contributed by atoms with Crippen molar-refractivity contribution in [3.63, 3.8) is 0 Å². The van der Waals surface area contributed by atoms with Crippen molar-refractivity contribution in [2.45, 2.75) is 19.9 Å². The van der Waals surface area contributed by atoms with Gasteiger partial charge in [0.25, 0.3) is 5.91 Å². The Kier molecular flexibility index (Phi) is 8.79. The Balaban J connectivity index is 1.49. The van der Waals surface area contributed by atoms with Gasteiger partial charge in [-0.05, 0) is 30.2 Å². The molecule has 8 heteroatoms. The molecule has 0 aliphatic carbocycles. The molecule has 1 N–H and O–H groups in total. The normalized spacial score (nSPS) is 15.5. The van der Waals surface area contributed by atoms with Crippen molar-refractivity contribution in [1.82, 2.24) is 15.1 Å². The zero-order valence-corrected chi connectivity index (χ0v) is 19.9. The van der Waals surface area contributed by atoms with Crippen molar-refractivity contribution in [3.05, 3.63) is 64.1 Å². The van der Waals surface area contributed by atoms with E-state index in [1.807, 2.05) is 36.9 Å². The molecular formula is C24H29Cl2N3O3. The zero-order valence-electron chi connectivity index (χ0n) is 18.4. The molecule has 0 bridgehead atoms. The highest BCUT2D eigenvalue weighted by Crippen LogP contribution is 2.23. The number of hydrogen-bond donors (Lipinski definition) is 1. The molecule has 0 saturated carbocycles. The number of rotatable bonds is 8. The van der Waals surface area contributed by atoms with Gasteiger partial charge < -0.3 is 15.0 Å². The summed E-state index contributed by atoms with van der Waals surface area (Å²) in [5.41, 5.74) is 0.371. The fourth-order valence-corrected chi connectivity index (χ4v) is 4.02. The maximum absolute atomic E-state index is 13.2. The molecule has 3 rings (SSSR count). The number of carbonyl (C=O) groups excluding carboxylic acids is 2. The van der Waals surface area contributed by atoms with Gasteiger partial charge in [0.1, 0.15) is 18.4 Å². The molecule has 172 valence electrons. The van der Waals surface area contributed by atoms with Crippen LogP contribution >= 0.6 is 23.2 Å². The van der Waals surface area contributed by atoms with Gasteiger partial charge in [-0.3, -0.25) is 14.5 Å². The molecule has 0 radical (unpaired) electrons. The summed E-state index contributed by atoms with van der Waals surface area (Å²) in [5, 5.41) is 3.85. The molecule has 1 fully saturated rings. The third-order valence-corrected chi connectivity index (χ3v) is 6.17. The fraction of sp³-hybridized carbons (Fsp3) is 0.417. The van der Waals surface area contributed by atoms with Crippen molar-refractivity contribution >= 4 is 35.0 Å². The van der Waals surface area contributed by atoms with Crippen LogP contribution in [0.1, 0.15) is 24.2 Å². The number of hydrogen-bond acceptors (Lipinski definition) is 4. The molecule has 2 amide bonds. The molecule has 1 unspecified atom stereocenters. The maximum atomic E-state index is 13.2. The average molecular weight is 478 g/mol. The molecule has 0 spiro atoms. The van der Waals surface area contributed by atoms with Gasteiger partial charge in [0, 0.05) is 32.7 Å². The Bertz CT molecular complexity index is 930. The molecule has 6 nitrogen and oxygen atoms in total. The van der Waals surface area contributed by atoms with Crippen LogP contribution in [0.5, 0.6) is 5.75 Å². The third-order valence-electron chi connectivity index (χ3n) is 5.52. The Labute approximate surface area is 199 Å². The molecule has 32 heavy (non-hydrogen) atoms. The van der Waals surface area contributed by atoms with Gasteiger partial charge in [0.15, 0.2) is 0 Å². The molecular weight excluding hydrogens is 449 g/mol. The average Bonchev–Trinajstić information content (AvgIpc) is 2.78. The highest BCUT2D eigenvalue weighted by molar-refractivity contribution is 6.33. The first-order valence-electron chi connectivity index (χ1n) is 10.8. The number of piperazine rings is 1. The Morgan fingerprint density at radius 3 is 2.22 bits per heavy atom. The van der Waals surface area contributed by atoms with Crippen LogP contribution in [-0.4, -0.2) is 67.0 Å². The van der Waals surface area contributed by atoms with Crippen LogP contribution < -0.4 is 10.1 Å². The number of ether oxygens (including phenoxy) is 1. The highest BCUT2D eigenvalue weighted by atomic mass is 35.5. The van der Waals surface area contributed by atoms with E-state index in [0.29, 0.717) is 41.1 Å². The first-order chi connectivity index (χ1) is 15.4. The van der Waals surface area contributed by atoms with Gasteiger partial charge in [0.05, 0.1) is 15.6 Å². The van der Waals surface area contributed by atoms with Crippen LogP contribution in [0.3, 0.4) is 0 Å². The Hall–Kier alpha value is -2.28. The number of benzene rings is 2. The molecule has 1 saturated heterocycles. The Morgan fingerprint density at radius 1 is 0.969 bits per heavy atom. The van der Waals surface area contributed by atoms with Crippen molar-refractivity contribution in [2.24, 2.45) is 5.92 Å². The van der Waals surface area contributed by atoms with Gasteiger partial charge in [-0.25, -0.2) is 0 Å². The van der Waals surface area contributed by atoms with Gasteiger partial charge >= 0.3 is 0 Å². The highest BCUT2D eigenvalue weighted by Gasteiger charge is 2.31. The van der Waals surface area contributed by atoms with Crippen LogP contribution in [0, 0.1) is 5.92 Å². The molecule has 2 aromatic rings. The minimum Gasteiger partial charge on any atom is -0.491 e. The second-order valence-corrected chi connectivity index (χ2v) is 8.94. The van der Waals surface area contributed by atoms with Crippen molar-refractivity contribution < 1.29 is 14.3 Å². The molecule has 1 aliphatic heterocycles. The zero-order chi connectivity index (χ0) is 23.1. The lowest BCUT2D eigenvalue weighted by molar-refractivity contribution is -0.136. The number of nitrogens with zero attached hydrogens (tertiary/aromatic N) is 2. The van der Waals surface area contributed by atoms with E-state index in [0.717, 1.165) is 19.6 Å². The standard InChI is InChI=1S/C24H29Cl2N3O3/c1-17(2)22(27-23(30)18-7-3-4-8-19(18)25)24(31)29-13-11-28(12-14-29)15-16-32-21-10-6-5-9-20(21)26/h3-10,17,22H,11-16H2,1-2H3,(H,27,30). The Morgan fingerprint density at radius 2 is 1.59 bits per heavy atom. The topological polar surface area (TPSA) is 61.9 Å². The summed E-state index contributed by atoms with van der Waals surface area (Å²) in [4.78, 5) is 29.9. The summed E-state index contributed by atoms with van der Waals surface area (Å²) < 4.78 is 5.77. The summed E-state index contributed by atoms with van der Waals surface area (Å²) in [6.07, 6.45) is 0. The quantitative estimate of drug-likeness (QED) is 0.624. The van der Waals surface area contributed by atoms with E-state index in [1.165, 1.54) is 0 Å². The van der Waals surface area contributed by atoms with E-state index in [4.69, 9.17) is 27.9 Å². The van der Waals surface area contributed by atoms with E-state index in [-0.39, 0.29) is 17.7 Å². The summed E-state index contributed by atoms with van der Waals surface area (Å²) in [7, 11) is 0. The van der Waals surface area contributed by atoms with Crippen LogP contribution in [-0.2, 0) is 4.79 Å². The predicted molar refractivity (Wildman–Crippen MR) is 128 cm³/mol. The minimum atomic E-state index is -0.603. The number of halogens is 2. The predicted octanol–water partition coefficient (Wildman–Crippen LogP) is 3.97. The van der Waals surface area contributed by atoms with Crippen LogP contribution in [0.25, 0.3) is 0 Å². The number of nitrogens with one attached hydrogen (secondary N) is 1. The minimum absolute atomic E-state index is 0.0454. The summed E-state index contributed by atoms with van der Waals surface area (Å²) in [6, 6.07) is 13.6. The number of amides is 2. The summed E-state index contributed by atoms with van der Waals surface area (Å²) in [5.74, 6) is 0.235. The summed E-state index contributed by atoms with van der Waals surface area (Å²) >= 11 is 12.3. The second-order valence-electron chi connectivity index (χ2n) is 8.12. The monoisotopic (exact) mass is 477 g/mol. The summed E-state index contributed by atoms with van der Waals surface area (Å²) in [6.45, 7) is 7.85. The lowest BCUT2D eigenvalue weighted by atomic mass is 10.0. The van der Waals surface area contributed by atoms with E-state index >= 15 is 0 Å². The smallest absolute Gasteiger partial charge is 0.253 e. The van der Waals surface area contributed by atoms with Crippen molar-refractivity contribution in [3.8, 4) is 5.75 Å². The van der Waals surface area contributed by atoms with E-state index in [1.54, 1.807) is 30.3 Å². The van der Waals surface area contributed by atoms with E-state index < -0.39 is 6.04 Å². The second kappa shape index (κ2) is 11.5. The largest absolute Gasteiger partial charge is 0.491 e. The van der Waals surface area contributed by atoms with Gasteiger partial charge in [-0.1, -0.05) is 61.3 Å². The molecule has 1 aliphatic rings. The third kappa shape index (κ3) is 6.37. The molecule has 2 aromatic carbocycles.